The van der Waals surface area contributed by atoms with Crippen LogP contribution in [0.4, 0.5) is 4.79 Å². The molecule has 0 atom stereocenters. The third kappa shape index (κ3) is 6.34. The summed E-state index contributed by atoms with van der Waals surface area (Å²) in [5, 5.41) is 4.92. The second-order valence-corrected chi connectivity index (χ2v) is 8.39. The van der Waals surface area contributed by atoms with Gasteiger partial charge in [0.1, 0.15) is 5.75 Å². The number of benzene rings is 2. The normalized spacial score (nSPS) is 20.6. The van der Waals surface area contributed by atoms with Crippen LogP contribution in [0.1, 0.15) is 37.2 Å². The molecule has 8 nitrogen and oxygen atoms in total. The lowest BCUT2D eigenvalue weighted by molar-refractivity contribution is -0.189. The highest BCUT2D eigenvalue weighted by Gasteiger charge is 2.25. The predicted octanol–water partition coefficient (Wildman–Crippen LogP) is 3.08. The molecular weight excluding hydrogens is 412 g/mol. The van der Waals surface area contributed by atoms with Crippen LogP contribution in [0.15, 0.2) is 36.4 Å². The number of alkyl carbamates (subject to hydrolysis) is 1. The highest BCUT2D eigenvalue weighted by Crippen LogP contribution is 2.33. The van der Waals surface area contributed by atoms with Crippen LogP contribution in [0.5, 0.6) is 5.75 Å². The summed E-state index contributed by atoms with van der Waals surface area (Å²) in [6.07, 6.45) is 2.92. The van der Waals surface area contributed by atoms with Gasteiger partial charge in [-0.2, -0.15) is 0 Å². The quantitative estimate of drug-likeness (QED) is 0.548. The summed E-state index contributed by atoms with van der Waals surface area (Å²) in [5.41, 5.74) is 6.14. The fraction of sp³-hybridized carbons (Fsp3) is 0.500. The maximum Gasteiger partial charge on any atom is 0.407 e. The van der Waals surface area contributed by atoms with Crippen LogP contribution in [0, 0.1) is 5.92 Å². The van der Waals surface area contributed by atoms with Crippen LogP contribution in [0.2, 0.25) is 0 Å². The molecule has 1 saturated carbocycles. The van der Waals surface area contributed by atoms with Gasteiger partial charge < -0.3 is 30.0 Å². The molecular formula is C24H30N2O6. The van der Waals surface area contributed by atoms with E-state index in [1.54, 1.807) is 0 Å². The van der Waals surface area contributed by atoms with Crippen LogP contribution >= 0.6 is 0 Å². The van der Waals surface area contributed by atoms with E-state index >= 15 is 0 Å². The van der Waals surface area contributed by atoms with Crippen molar-refractivity contribution in [2.75, 3.05) is 33.0 Å². The number of nitrogens with one attached hydrogen (secondary N) is 1. The Morgan fingerprint density at radius 1 is 1.12 bits per heavy atom. The Morgan fingerprint density at radius 2 is 1.94 bits per heavy atom. The molecule has 0 bridgehead atoms. The summed E-state index contributed by atoms with van der Waals surface area (Å²) < 4.78 is 22.4. The lowest BCUT2D eigenvalue weighted by Crippen LogP contribution is -2.33. The Balaban J connectivity index is 1.23. The van der Waals surface area contributed by atoms with E-state index in [2.05, 4.69) is 40.4 Å². The largest absolute Gasteiger partial charge is 0.493 e. The molecule has 2 aromatic rings. The zero-order valence-corrected chi connectivity index (χ0v) is 18.1. The number of carbonyl (C=O) groups excluding carboxylic acids is 2. The molecule has 1 aliphatic carbocycles. The predicted molar refractivity (Wildman–Crippen MR) is 118 cm³/mol. The van der Waals surface area contributed by atoms with Gasteiger partial charge >= 0.3 is 6.09 Å². The van der Waals surface area contributed by atoms with E-state index in [1.165, 1.54) is 23.8 Å². The Labute approximate surface area is 187 Å². The Kier molecular flexibility index (Phi) is 7.44. The maximum absolute atomic E-state index is 11.4. The Hall–Kier alpha value is -2.84. The van der Waals surface area contributed by atoms with Crippen LogP contribution in [-0.4, -0.2) is 51.3 Å². The molecule has 8 heteroatoms. The molecule has 0 radical (unpaired) electrons. The number of fused-ring (bicyclic) bond motifs is 1. The third-order valence-electron chi connectivity index (χ3n) is 5.71. The van der Waals surface area contributed by atoms with E-state index in [-0.39, 0.29) is 12.2 Å². The van der Waals surface area contributed by atoms with Crippen molar-refractivity contribution < 1.29 is 28.5 Å². The molecule has 3 N–H and O–H groups in total. The molecule has 0 aromatic heterocycles. The molecule has 2 fully saturated rings. The second-order valence-electron chi connectivity index (χ2n) is 8.39. The van der Waals surface area contributed by atoms with Crippen LogP contribution < -0.4 is 15.8 Å². The van der Waals surface area contributed by atoms with Crippen molar-refractivity contribution in [1.82, 2.24) is 5.32 Å². The van der Waals surface area contributed by atoms with E-state index in [4.69, 9.17) is 19.9 Å². The average Bonchev–Trinajstić information content (AvgIpc) is 3.63. The van der Waals surface area contributed by atoms with Gasteiger partial charge in [-0.15, -0.1) is 0 Å². The van der Waals surface area contributed by atoms with Crippen molar-refractivity contribution in [1.29, 1.82) is 0 Å². The lowest BCUT2D eigenvalue weighted by atomic mass is 9.94. The Morgan fingerprint density at radius 3 is 2.69 bits per heavy atom. The monoisotopic (exact) mass is 442 g/mol. The smallest absolute Gasteiger partial charge is 0.407 e. The maximum atomic E-state index is 11.4. The summed E-state index contributed by atoms with van der Waals surface area (Å²) in [6.45, 7) is 1.94. The average molecular weight is 443 g/mol. The highest BCUT2D eigenvalue weighted by molar-refractivity contribution is 5.87. The van der Waals surface area contributed by atoms with Gasteiger partial charge in [-0.3, -0.25) is 4.79 Å². The van der Waals surface area contributed by atoms with E-state index in [9.17, 15) is 9.59 Å². The second kappa shape index (κ2) is 10.7. The van der Waals surface area contributed by atoms with Gasteiger partial charge in [0.05, 0.1) is 19.8 Å². The number of hydrogen-bond donors (Lipinski definition) is 2. The van der Waals surface area contributed by atoms with Crippen molar-refractivity contribution in [2.24, 2.45) is 11.7 Å². The third-order valence-corrected chi connectivity index (χ3v) is 5.71. The van der Waals surface area contributed by atoms with Crippen LogP contribution in [-0.2, 0) is 19.0 Å². The van der Waals surface area contributed by atoms with E-state index in [0.717, 1.165) is 23.7 Å². The summed E-state index contributed by atoms with van der Waals surface area (Å²) >= 11 is 0. The summed E-state index contributed by atoms with van der Waals surface area (Å²) in [6, 6.07) is 12.6. The molecule has 1 saturated heterocycles. The molecule has 4 rings (SSSR count). The van der Waals surface area contributed by atoms with Crippen molar-refractivity contribution in [3.63, 3.8) is 0 Å². The van der Waals surface area contributed by atoms with Gasteiger partial charge in [-0.05, 0) is 53.6 Å². The summed E-state index contributed by atoms with van der Waals surface area (Å²) in [7, 11) is 0. The standard InChI is InChI=1S/C24H30N2O6/c25-22(27)15-32-24(28)26-10-2-5-23-30-13-18(14-31-23)20-4-1-3-17-11-19(8-9-21(17)20)29-12-16-6-7-16/h1,3-4,8-9,11,16,18,23H,2,5-7,10,12-15H2,(H2,25,27)(H,26,28). The SMILES string of the molecule is NC(=O)COC(=O)NCCCC1OCC(c2cccc3cc(OCC4CC4)ccc23)CO1. The van der Waals surface area contributed by atoms with Gasteiger partial charge in [0.2, 0.25) is 0 Å². The molecule has 1 aliphatic heterocycles. The lowest BCUT2D eigenvalue weighted by Gasteiger charge is -2.30. The minimum Gasteiger partial charge on any atom is -0.493 e. The van der Waals surface area contributed by atoms with E-state index in [1.807, 2.05) is 6.07 Å². The van der Waals surface area contributed by atoms with Crippen molar-refractivity contribution in [2.45, 2.75) is 37.9 Å². The van der Waals surface area contributed by atoms with Gasteiger partial charge in [0, 0.05) is 18.9 Å². The fourth-order valence-electron chi connectivity index (χ4n) is 3.77. The number of rotatable bonds is 10. The molecule has 32 heavy (non-hydrogen) atoms. The van der Waals surface area contributed by atoms with E-state index < -0.39 is 18.6 Å². The first-order chi connectivity index (χ1) is 15.6. The number of ether oxygens (including phenoxy) is 4. The number of amides is 2. The molecule has 2 aromatic carbocycles. The molecule has 172 valence electrons. The van der Waals surface area contributed by atoms with Crippen LogP contribution in [0.3, 0.4) is 0 Å². The first-order valence-electron chi connectivity index (χ1n) is 11.2. The topological polar surface area (TPSA) is 109 Å². The summed E-state index contributed by atoms with van der Waals surface area (Å²) in [5.74, 6) is 1.13. The van der Waals surface area contributed by atoms with Gasteiger partial charge in [-0.1, -0.05) is 24.3 Å². The first-order valence-corrected chi connectivity index (χ1v) is 11.2. The summed E-state index contributed by atoms with van der Waals surface area (Å²) in [4.78, 5) is 22.0. The minimum atomic E-state index is -0.688. The fourth-order valence-corrected chi connectivity index (χ4v) is 3.77. The molecule has 2 aliphatic rings. The van der Waals surface area contributed by atoms with Crippen LogP contribution in [0.25, 0.3) is 10.8 Å². The first kappa shape index (κ1) is 22.4. The highest BCUT2D eigenvalue weighted by atomic mass is 16.7. The number of nitrogens with two attached hydrogens (primary N) is 1. The Bertz CT molecular complexity index is 937. The van der Waals surface area contributed by atoms with Gasteiger partial charge in [0.25, 0.3) is 5.91 Å². The molecule has 0 unspecified atom stereocenters. The van der Waals surface area contributed by atoms with Crippen molar-refractivity contribution >= 4 is 22.8 Å². The number of carbonyl (C=O) groups is 2. The molecule has 1 heterocycles. The molecule has 0 spiro atoms. The zero-order chi connectivity index (χ0) is 22.3. The van der Waals surface area contributed by atoms with E-state index in [0.29, 0.717) is 32.6 Å². The minimum absolute atomic E-state index is 0.162. The number of hydrogen-bond acceptors (Lipinski definition) is 6. The van der Waals surface area contributed by atoms with Gasteiger partial charge in [-0.25, -0.2) is 4.79 Å². The van der Waals surface area contributed by atoms with Gasteiger partial charge in [0.15, 0.2) is 12.9 Å². The molecule has 2 amide bonds. The van der Waals surface area contributed by atoms with Crippen molar-refractivity contribution in [3.8, 4) is 5.75 Å². The zero-order valence-electron chi connectivity index (χ0n) is 18.1. The number of primary amides is 1. The van der Waals surface area contributed by atoms with Crippen molar-refractivity contribution in [3.05, 3.63) is 42.0 Å².